The second-order valence-corrected chi connectivity index (χ2v) is 7.91. The number of nitrogens with one attached hydrogen (secondary N) is 3. The summed E-state index contributed by atoms with van der Waals surface area (Å²) in [7, 11) is 0. The molecule has 2 fully saturated rings. The summed E-state index contributed by atoms with van der Waals surface area (Å²) in [5.74, 6) is -0.553. The molecule has 1 heterocycles. The first-order valence-corrected chi connectivity index (χ1v) is 10.2. The maximum atomic E-state index is 12.8. The van der Waals surface area contributed by atoms with Crippen molar-refractivity contribution < 1.29 is 14.4 Å². The molecule has 152 valence electrons. The number of anilines is 1. The quantitative estimate of drug-likeness (QED) is 0.742. The van der Waals surface area contributed by atoms with Crippen LogP contribution in [0.4, 0.5) is 10.5 Å². The Morgan fingerprint density at radius 2 is 1.79 bits per heavy atom. The van der Waals surface area contributed by atoms with E-state index in [9.17, 15) is 14.4 Å². The van der Waals surface area contributed by atoms with E-state index in [1.54, 1.807) is 0 Å². The van der Waals surface area contributed by atoms with Crippen LogP contribution in [-0.4, -0.2) is 47.9 Å². The van der Waals surface area contributed by atoms with Gasteiger partial charge in [-0.05, 0) is 49.9 Å². The van der Waals surface area contributed by atoms with Crippen molar-refractivity contribution in [1.82, 2.24) is 15.5 Å². The lowest BCUT2D eigenvalue weighted by atomic mass is 9.95. The van der Waals surface area contributed by atoms with Crippen molar-refractivity contribution in [3.8, 4) is 0 Å². The topological polar surface area (TPSA) is 90.5 Å². The van der Waals surface area contributed by atoms with Crippen LogP contribution in [0.1, 0.15) is 49.7 Å². The molecule has 0 unspecified atom stereocenters. The maximum Gasteiger partial charge on any atom is 0.318 e. The Kier molecular flexibility index (Phi) is 6.54. The Balaban J connectivity index is 1.63. The average Bonchev–Trinajstić information content (AvgIpc) is 2.63. The van der Waals surface area contributed by atoms with E-state index in [0.717, 1.165) is 36.8 Å². The van der Waals surface area contributed by atoms with Crippen LogP contribution in [0.5, 0.6) is 0 Å². The lowest BCUT2D eigenvalue weighted by Crippen LogP contribution is -2.61. The number of aryl methyl sites for hydroxylation is 2. The van der Waals surface area contributed by atoms with E-state index >= 15 is 0 Å². The second kappa shape index (κ2) is 9.08. The number of rotatable bonds is 4. The lowest BCUT2D eigenvalue weighted by molar-refractivity contribution is -0.131. The number of piperazine rings is 1. The van der Waals surface area contributed by atoms with Gasteiger partial charge in [0.2, 0.25) is 11.8 Å². The van der Waals surface area contributed by atoms with Gasteiger partial charge in [-0.25, -0.2) is 4.79 Å². The SMILES string of the molecule is Cc1cc(C)cc(NC(=O)C[C@@H]2C(=O)NCCN2C(=O)NC2CCCCC2)c1. The van der Waals surface area contributed by atoms with Gasteiger partial charge >= 0.3 is 6.03 Å². The van der Waals surface area contributed by atoms with Crippen molar-refractivity contribution in [2.75, 3.05) is 18.4 Å². The largest absolute Gasteiger partial charge is 0.353 e. The van der Waals surface area contributed by atoms with Crippen LogP contribution >= 0.6 is 0 Å². The van der Waals surface area contributed by atoms with Crippen LogP contribution in [0.2, 0.25) is 0 Å². The zero-order valence-corrected chi connectivity index (χ0v) is 16.7. The molecule has 0 bridgehead atoms. The molecule has 3 rings (SSSR count). The Morgan fingerprint density at radius 3 is 2.46 bits per heavy atom. The monoisotopic (exact) mass is 386 g/mol. The molecule has 1 aliphatic carbocycles. The third-order valence-electron chi connectivity index (χ3n) is 5.41. The number of nitrogens with zero attached hydrogens (tertiary/aromatic N) is 1. The fraction of sp³-hybridized carbons (Fsp3) is 0.571. The summed E-state index contributed by atoms with van der Waals surface area (Å²) >= 11 is 0. The van der Waals surface area contributed by atoms with Gasteiger partial charge in [-0.3, -0.25) is 9.59 Å². The fourth-order valence-electron chi connectivity index (χ4n) is 4.10. The van der Waals surface area contributed by atoms with Gasteiger partial charge in [0.15, 0.2) is 0 Å². The van der Waals surface area contributed by atoms with E-state index in [1.165, 1.54) is 11.3 Å². The van der Waals surface area contributed by atoms with Gasteiger partial charge in [-0.15, -0.1) is 0 Å². The van der Waals surface area contributed by atoms with Crippen LogP contribution < -0.4 is 16.0 Å². The Hall–Kier alpha value is -2.57. The van der Waals surface area contributed by atoms with E-state index in [1.807, 2.05) is 32.0 Å². The fourth-order valence-corrected chi connectivity index (χ4v) is 4.10. The number of amides is 4. The molecule has 0 radical (unpaired) electrons. The minimum absolute atomic E-state index is 0.0586. The number of carbonyl (C=O) groups is 3. The summed E-state index contributed by atoms with van der Waals surface area (Å²) in [6, 6.07) is 4.94. The third-order valence-corrected chi connectivity index (χ3v) is 5.41. The third kappa shape index (κ3) is 5.24. The number of urea groups is 1. The summed E-state index contributed by atoms with van der Waals surface area (Å²) in [6.45, 7) is 4.75. The van der Waals surface area contributed by atoms with E-state index in [-0.39, 0.29) is 30.3 Å². The Morgan fingerprint density at radius 1 is 1.11 bits per heavy atom. The van der Waals surface area contributed by atoms with Crippen LogP contribution in [0.15, 0.2) is 18.2 Å². The second-order valence-electron chi connectivity index (χ2n) is 7.91. The number of hydrogen-bond donors (Lipinski definition) is 3. The summed E-state index contributed by atoms with van der Waals surface area (Å²) in [6.07, 6.45) is 5.34. The molecule has 2 aliphatic rings. The molecule has 1 aromatic rings. The predicted octanol–water partition coefficient (Wildman–Crippen LogP) is 2.47. The first kappa shape index (κ1) is 20.2. The highest BCUT2D eigenvalue weighted by Gasteiger charge is 2.35. The van der Waals surface area contributed by atoms with E-state index in [4.69, 9.17) is 0 Å². The zero-order chi connectivity index (χ0) is 20.1. The van der Waals surface area contributed by atoms with Gasteiger partial charge in [-0.2, -0.15) is 0 Å². The lowest BCUT2D eigenvalue weighted by Gasteiger charge is -2.36. The first-order chi connectivity index (χ1) is 13.4. The summed E-state index contributed by atoms with van der Waals surface area (Å²) in [5.41, 5.74) is 2.82. The smallest absolute Gasteiger partial charge is 0.318 e. The molecule has 3 N–H and O–H groups in total. The molecular formula is C21H30N4O3. The van der Waals surface area contributed by atoms with Crippen LogP contribution in [-0.2, 0) is 9.59 Å². The van der Waals surface area contributed by atoms with Crippen molar-refractivity contribution in [2.24, 2.45) is 0 Å². The van der Waals surface area contributed by atoms with E-state index < -0.39 is 6.04 Å². The number of carbonyl (C=O) groups excluding carboxylic acids is 3. The van der Waals surface area contributed by atoms with Crippen LogP contribution in [0.3, 0.4) is 0 Å². The average molecular weight is 386 g/mol. The van der Waals surface area contributed by atoms with Gasteiger partial charge in [0.05, 0.1) is 6.42 Å². The minimum atomic E-state index is -0.789. The maximum absolute atomic E-state index is 12.8. The van der Waals surface area contributed by atoms with Gasteiger partial charge in [0, 0.05) is 24.8 Å². The minimum Gasteiger partial charge on any atom is -0.353 e. The molecule has 7 heteroatoms. The van der Waals surface area contributed by atoms with Gasteiger partial charge in [0.1, 0.15) is 6.04 Å². The van der Waals surface area contributed by atoms with E-state index in [0.29, 0.717) is 18.8 Å². The summed E-state index contributed by atoms with van der Waals surface area (Å²) < 4.78 is 0. The predicted molar refractivity (Wildman–Crippen MR) is 108 cm³/mol. The molecule has 0 spiro atoms. The molecule has 1 aromatic carbocycles. The van der Waals surface area contributed by atoms with Crippen LogP contribution in [0, 0.1) is 13.8 Å². The molecule has 7 nitrogen and oxygen atoms in total. The Bertz CT molecular complexity index is 723. The molecule has 4 amide bonds. The summed E-state index contributed by atoms with van der Waals surface area (Å²) in [4.78, 5) is 39.2. The van der Waals surface area contributed by atoms with Crippen molar-refractivity contribution >= 4 is 23.5 Å². The number of hydrogen-bond acceptors (Lipinski definition) is 3. The molecule has 1 saturated heterocycles. The molecule has 0 aromatic heterocycles. The molecular weight excluding hydrogens is 356 g/mol. The highest BCUT2D eigenvalue weighted by Crippen LogP contribution is 2.19. The standard InChI is InChI=1S/C21H30N4O3/c1-14-10-15(2)12-17(11-14)23-19(26)13-18-20(27)22-8-9-25(18)21(28)24-16-6-4-3-5-7-16/h10-12,16,18H,3-9,13H2,1-2H3,(H,22,27)(H,23,26)(H,24,28)/t18-/m1/s1. The van der Waals surface area contributed by atoms with Crippen molar-refractivity contribution in [1.29, 1.82) is 0 Å². The van der Waals surface area contributed by atoms with Crippen molar-refractivity contribution in [2.45, 2.75) is 64.5 Å². The highest BCUT2D eigenvalue weighted by atomic mass is 16.2. The molecule has 28 heavy (non-hydrogen) atoms. The van der Waals surface area contributed by atoms with Gasteiger partial charge in [-0.1, -0.05) is 25.3 Å². The Labute approximate surface area is 166 Å². The van der Waals surface area contributed by atoms with Crippen molar-refractivity contribution in [3.05, 3.63) is 29.3 Å². The number of benzene rings is 1. The van der Waals surface area contributed by atoms with Gasteiger partial charge < -0.3 is 20.9 Å². The summed E-state index contributed by atoms with van der Waals surface area (Å²) in [5, 5.41) is 8.67. The van der Waals surface area contributed by atoms with Gasteiger partial charge in [0.25, 0.3) is 0 Å². The molecule has 1 aliphatic heterocycles. The first-order valence-electron chi connectivity index (χ1n) is 10.2. The zero-order valence-electron chi connectivity index (χ0n) is 16.7. The molecule has 1 atom stereocenters. The van der Waals surface area contributed by atoms with Crippen molar-refractivity contribution in [3.63, 3.8) is 0 Å². The normalized spacial score (nSPS) is 20.4. The van der Waals surface area contributed by atoms with E-state index in [2.05, 4.69) is 16.0 Å². The van der Waals surface area contributed by atoms with Crippen LogP contribution in [0.25, 0.3) is 0 Å². The highest BCUT2D eigenvalue weighted by molar-refractivity contribution is 5.97. The molecule has 1 saturated carbocycles.